The Balaban J connectivity index is 2.57. The number of ether oxygens (including phenoxy) is 1. The number of benzene rings is 1. The van der Waals surface area contributed by atoms with Crippen LogP contribution in [0.4, 0.5) is 5.69 Å². The molecule has 0 spiro atoms. The maximum atomic E-state index is 10.4. The minimum atomic E-state index is -0.879. The minimum Gasteiger partial charge on any atom is -0.504 e. The molecule has 1 aromatic carbocycles. The number of aliphatic hydroxyl groups excluding tert-OH is 2. The molecule has 3 N–H and O–H groups in total. The predicted octanol–water partition coefficient (Wildman–Crippen LogP) is 0.422. The van der Waals surface area contributed by atoms with Crippen LogP contribution in [0, 0.1) is 10.1 Å². The lowest BCUT2D eigenvalue weighted by atomic mass is 10.2. The highest BCUT2D eigenvalue weighted by molar-refractivity contribution is 5.47. The average Bonchev–Trinajstić information content (AvgIpc) is 2.30. The van der Waals surface area contributed by atoms with E-state index in [4.69, 9.17) is 14.9 Å². The molecular weight excluding hydrogens is 230 g/mol. The first-order valence-electron chi connectivity index (χ1n) is 4.93. The monoisotopic (exact) mass is 243 g/mol. The summed E-state index contributed by atoms with van der Waals surface area (Å²) in [5.41, 5.74) is -0.231. The summed E-state index contributed by atoms with van der Waals surface area (Å²) in [6.45, 7) is -0.275. The van der Waals surface area contributed by atoms with E-state index in [0.29, 0.717) is 0 Å². The molecule has 0 bridgehead atoms. The number of nitrogens with zero attached hydrogens (tertiary/aromatic N) is 1. The van der Waals surface area contributed by atoms with E-state index in [-0.39, 0.29) is 36.8 Å². The number of nitro groups is 1. The molecule has 0 aliphatic rings. The molecule has 7 nitrogen and oxygen atoms in total. The van der Waals surface area contributed by atoms with Gasteiger partial charge in [-0.25, -0.2) is 0 Å². The molecule has 0 aliphatic heterocycles. The number of rotatable bonds is 6. The molecule has 17 heavy (non-hydrogen) atoms. The van der Waals surface area contributed by atoms with E-state index < -0.39 is 11.0 Å². The molecule has 0 amide bonds. The van der Waals surface area contributed by atoms with Gasteiger partial charge < -0.3 is 20.1 Å². The smallest absolute Gasteiger partial charge is 0.273 e. The van der Waals surface area contributed by atoms with Crippen LogP contribution in [-0.2, 0) is 0 Å². The SMILES string of the molecule is O=[N+]([O-])c1ccc(OCC[C@H](O)CO)c(O)c1. The standard InChI is InChI=1S/C10H13NO6/c12-6-8(13)3-4-17-10-2-1-7(11(15)16)5-9(10)14/h1-2,5,8,12-14H,3-4,6H2/t8-/m0/s1. The molecule has 0 unspecified atom stereocenters. The quantitative estimate of drug-likeness (QED) is 0.493. The van der Waals surface area contributed by atoms with E-state index in [1.54, 1.807) is 0 Å². The van der Waals surface area contributed by atoms with Crippen LogP contribution in [-0.4, -0.2) is 39.6 Å². The second-order valence-electron chi connectivity index (χ2n) is 3.38. The van der Waals surface area contributed by atoms with Crippen molar-refractivity contribution in [3.05, 3.63) is 28.3 Å². The van der Waals surface area contributed by atoms with Gasteiger partial charge >= 0.3 is 0 Å². The summed E-state index contributed by atoms with van der Waals surface area (Å²) in [6, 6.07) is 3.47. The number of phenolic OH excluding ortho intramolecular Hbond substituents is 1. The van der Waals surface area contributed by atoms with Gasteiger partial charge in [0.05, 0.1) is 30.3 Å². The van der Waals surface area contributed by atoms with Gasteiger partial charge in [-0.1, -0.05) is 0 Å². The highest BCUT2D eigenvalue weighted by Crippen LogP contribution is 2.29. The summed E-state index contributed by atoms with van der Waals surface area (Å²) in [4.78, 5) is 9.77. The molecule has 1 rings (SSSR count). The number of phenols is 1. The van der Waals surface area contributed by atoms with E-state index >= 15 is 0 Å². The Kier molecular flexibility index (Phi) is 4.68. The van der Waals surface area contributed by atoms with Gasteiger partial charge in [-0.2, -0.15) is 0 Å². The van der Waals surface area contributed by atoms with Crippen molar-refractivity contribution in [2.24, 2.45) is 0 Å². The fourth-order valence-corrected chi connectivity index (χ4v) is 1.14. The van der Waals surface area contributed by atoms with Crippen molar-refractivity contribution in [2.45, 2.75) is 12.5 Å². The zero-order valence-corrected chi connectivity index (χ0v) is 8.94. The molecule has 94 valence electrons. The van der Waals surface area contributed by atoms with E-state index in [9.17, 15) is 15.2 Å². The van der Waals surface area contributed by atoms with Gasteiger partial charge in [-0.05, 0) is 6.07 Å². The zero-order valence-electron chi connectivity index (χ0n) is 8.94. The summed E-state index contributed by atoms with van der Waals surface area (Å²) >= 11 is 0. The molecule has 0 saturated heterocycles. The summed E-state index contributed by atoms with van der Waals surface area (Å²) in [7, 11) is 0. The van der Waals surface area contributed by atoms with Crippen LogP contribution in [0.25, 0.3) is 0 Å². The molecule has 0 saturated carbocycles. The van der Waals surface area contributed by atoms with Gasteiger partial charge in [0.15, 0.2) is 11.5 Å². The van der Waals surface area contributed by atoms with E-state index in [1.807, 2.05) is 0 Å². The van der Waals surface area contributed by atoms with Gasteiger partial charge in [-0.15, -0.1) is 0 Å². The van der Waals surface area contributed by atoms with Crippen LogP contribution in [0.15, 0.2) is 18.2 Å². The number of aliphatic hydroxyl groups is 2. The molecule has 1 atom stereocenters. The van der Waals surface area contributed by atoms with Crippen molar-refractivity contribution in [3.63, 3.8) is 0 Å². The number of hydrogen-bond acceptors (Lipinski definition) is 6. The zero-order chi connectivity index (χ0) is 12.8. The van der Waals surface area contributed by atoms with E-state index in [1.165, 1.54) is 12.1 Å². The lowest BCUT2D eigenvalue weighted by Gasteiger charge is -2.09. The Morgan fingerprint density at radius 1 is 1.47 bits per heavy atom. The molecule has 0 aliphatic carbocycles. The van der Waals surface area contributed by atoms with Crippen molar-refractivity contribution in [1.82, 2.24) is 0 Å². The maximum Gasteiger partial charge on any atom is 0.273 e. The van der Waals surface area contributed by atoms with Gasteiger partial charge in [0.1, 0.15) is 0 Å². The summed E-state index contributed by atoms with van der Waals surface area (Å²) in [5, 5.41) is 37.4. The fraction of sp³-hybridized carbons (Fsp3) is 0.400. The molecule has 1 aromatic rings. The third kappa shape index (κ3) is 3.89. The molecule has 0 aromatic heterocycles. The van der Waals surface area contributed by atoms with E-state index in [2.05, 4.69) is 0 Å². The van der Waals surface area contributed by atoms with Crippen molar-refractivity contribution in [3.8, 4) is 11.5 Å². The molecular formula is C10H13NO6. The molecule has 7 heteroatoms. The average molecular weight is 243 g/mol. The van der Waals surface area contributed by atoms with Crippen molar-refractivity contribution in [2.75, 3.05) is 13.2 Å². The Morgan fingerprint density at radius 2 is 2.18 bits per heavy atom. The van der Waals surface area contributed by atoms with Crippen LogP contribution >= 0.6 is 0 Å². The second-order valence-corrected chi connectivity index (χ2v) is 3.38. The number of hydrogen-bond donors (Lipinski definition) is 3. The van der Waals surface area contributed by atoms with Gasteiger partial charge in [0.2, 0.25) is 0 Å². The third-order valence-corrected chi connectivity index (χ3v) is 2.07. The first kappa shape index (κ1) is 13.2. The number of aromatic hydroxyl groups is 1. The Morgan fingerprint density at radius 3 is 2.71 bits per heavy atom. The Bertz CT molecular complexity index is 394. The second kappa shape index (κ2) is 6.02. The maximum absolute atomic E-state index is 10.4. The lowest BCUT2D eigenvalue weighted by Crippen LogP contribution is -2.15. The van der Waals surface area contributed by atoms with E-state index in [0.717, 1.165) is 6.07 Å². The highest BCUT2D eigenvalue weighted by atomic mass is 16.6. The predicted molar refractivity (Wildman–Crippen MR) is 58.0 cm³/mol. The van der Waals surface area contributed by atoms with Gasteiger partial charge in [0.25, 0.3) is 5.69 Å². The molecule has 0 fully saturated rings. The normalized spacial score (nSPS) is 12.1. The lowest BCUT2D eigenvalue weighted by molar-refractivity contribution is -0.385. The summed E-state index contributed by atoms with van der Waals surface area (Å²) < 4.78 is 5.10. The molecule has 0 radical (unpaired) electrons. The van der Waals surface area contributed by atoms with Crippen LogP contribution in [0.2, 0.25) is 0 Å². The van der Waals surface area contributed by atoms with Crippen LogP contribution in [0.3, 0.4) is 0 Å². The Hall–Kier alpha value is -1.86. The summed E-state index contributed by atoms with van der Waals surface area (Å²) in [5.74, 6) is -0.238. The Labute approximate surface area is 97.0 Å². The van der Waals surface area contributed by atoms with Crippen LogP contribution < -0.4 is 4.74 Å². The van der Waals surface area contributed by atoms with Crippen LogP contribution in [0.1, 0.15) is 6.42 Å². The number of nitro benzene ring substituents is 1. The third-order valence-electron chi connectivity index (χ3n) is 2.07. The molecule has 0 heterocycles. The van der Waals surface area contributed by atoms with Crippen molar-refractivity contribution >= 4 is 5.69 Å². The first-order valence-corrected chi connectivity index (χ1v) is 4.93. The fourth-order valence-electron chi connectivity index (χ4n) is 1.14. The summed E-state index contributed by atoms with van der Waals surface area (Å²) in [6.07, 6.45) is -0.678. The van der Waals surface area contributed by atoms with Crippen molar-refractivity contribution in [1.29, 1.82) is 0 Å². The largest absolute Gasteiger partial charge is 0.504 e. The number of non-ortho nitro benzene ring substituents is 1. The van der Waals surface area contributed by atoms with Gasteiger partial charge in [0, 0.05) is 12.5 Å². The van der Waals surface area contributed by atoms with Crippen molar-refractivity contribution < 1.29 is 25.0 Å². The highest BCUT2D eigenvalue weighted by Gasteiger charge is 2.11. The van der Waals surface area contributed by atoms with Gasteiger partial charge in [-0.3, -0.25) is 10.1 Å². The minimum absolute atomic E-state index is 0.0904. The first-order chi connectivity index (χ1) is 8.04. The topological polar surface area (TPSA) is 113 Å². The van der Waals surface area contributed by atoms with Crippen LogP contribution in [0.5, 0.6) is 11.5 Å².